The molecular formula is C18H25ClN6. The first kappa shape index (κ1) is 17.6. The van der Waals surface area contributed by atoms with Gasteiger partial charge in [0, 0.05) is 62.4 Å². The molecular weight excluding hydrogens is 336 g/mol. The molecule has 1 atom stereocenters. The molecule has 6 nitrogen and oxygen atoms in total. The van der Waals surface area contributed by atoms with E-state index in [0.717, 1.165) is 49.4 Å². The van der Waals surface area contributed by atoms with Crippen molar-refractivity contribution < 1.29 is 0 Å². The Morgan fingerprint density at radius 3 is 3.04 bits per heavy atom. The number of hydrogen-bond acceptors (Lipinski definition) is 3. The molecule has 3 rings (SSSR count). The molecule has 2 N–H and O–H groups in total. The number of aliphatic imine (C=N–C) groups is 1. The second-order valence-corrected chi connectivity index (χ2v) is 6.66. The fourth-order valence-corrected chi connectivity index (χ4v) is 3.29. The third kappa shape index (κ3) is 4.66. The molecule has 0 spiro atoms. The molecule has 0 saturated carbocycles. The minimum atomic E-state index is 0.375. The zero-order valence-electron chi connectivity index (χ0n) is 14.7. The highest BCUT2D eigenvalue weighted by atomic mass is 35.5. The molecule has 1 aromatic carbocycles. The van der Waals surface area contributed by atoms with E-state index in [1.54, 1.807) is 0 Å². The first-order chi connectivity index (χ1) is 12.2. The van der Waals surface area contributed by atoms with Crippen LogP contribution in [0.4, 0.5) is 5.69 Å². The summed E-state index contributed by atoms with van der Waals surface area (Å²) < 4.78 is 2.12. The van der Waals surface area contributed by atoms with Crippen LogP contribution in [0, 0.1) is 6.92 Å². The molecule has 2 aromatic rings. The number of anilines is 1. The largest absolute Gasteiger partial charge is 0.369 e. The Morgan fingerprint density at radius 1 is 1.44 bits per heavy atom. The van der Waals surface area contributed by atoms with Gasteiger partial charge in [-0.2, -0.15) is 0 Å². The molecule has 0 radical (unpaired) electrons. The number of benzene rings is 1. The van der Waals surface area contributed by atoms with Crippen molar-refractivity contribution in [3.63, 3.8) is 0 Å². The van der Waals surface area contributed by atoms with Gasteiger partial charge in [0.15, 0.2) is 5.96 Å². The monoisotopic (exact) mass is 360 g/mol. The minimum Gasteiger partial charge on any atom is -0.369 e. The maximum absolute atomic E-state index is 6.10. The van der Waals surface area contributed by atoms with Gasteiger partial charge in [-0.1, -0.05) is 17.7 Å². The van der Waals surface area contributed by atoms with E-state index < -0.39 is 0 Å². The van der Waals surface area contributed by atoms with E-state index in [0.29, 0.717) is 6.04 Å². The van der Waals surface area contributed by atoms with Crippen molar-refractivity contribution in [1.82, 2.24) is 20.2 Å². The normalized spacial score (nSPS) is 17.8. The maximum Gasteiger partial charge on any atom is 0.191 e. The van der Waals surface area contributed by atoms with Crippen LogP contribution in [0.3, 0.4) is 0 Å². The number of halogens is 1. The second kappa shape index (κ2) is 8.25. The quantitative estimate of drug-likeness (QED) is 0.634. The average molecular weight is 361 g/mol. The molecule has 1 aromatic heterocycles. The summed E-state index contributed by atoms with van der Waals surface area (Å²) in [6.07, 6.45) is 4.90. The van der Waals surface area contributed by atoms with Gasteiger partial charge in [0.05, 0.1) is 0 Å². The second-order valence-electron chi connectivity index (χ2n) is 6.22. The van der Waals surface area contributed by atoms with Gasteiger partial charge in [0.2, 0.25) is 0 Å². The third-order valence-electron chi connectivity index (χ3n) is 4.49. The Balaban J connectivity index is 1.47. The van der Waals surface area contributed by atoms with Crippen LogP contribution >= 0.6 is 11.6 Å². The number of rotatable bonds is 5. The van der Waals surface area contributed by atoms with Crippen molar-refractivity contribution in [2.45, 2.75) is 25.9 Å². The number of hydrogen-bond donors (Lipinski definition) is 2. The molecule has 1 unspecified atom stereocenters. The van der Waals surface area contributed by atoms with Crippen LogP contribution in [-0.2, 0) is 6.54 Å². The SMILES string of the molecule is CN=C(NCCn1ccnc1C)NC1CCN(c2cccc(Cl)c2)C1. The van der Waals surface area contributed by atoms with E-state index in [1.165, 1.54) is 5.69 Å². The highest BCUT2D eigenvalue weighted by Crippen LogP contribution is 2.23. The maximum atomic E-state index is 6.10. The molecule has 1 saturated heterocycles. The van der Waals surface area contributed by atoms with Crippen LogP contribution < -0.4 is 15.5 Å². The fourth-order valence-electron chi connectivity index (χ4n) is 3.11. The molecule has 0 aliphatic carbocycles. The van der Waals surface area contributed by atoms with Gasteiger partial charge in [0.1, 0.15) is 5.82 Å². The molecule has 134 valence electrons. The number of aryl methyl sites for hydroxylation is 1. The Hall–Kier alpha value is -2.21. The molecule has 1 aliphatic heterocycles. The average Bonchev–Trinajstić information content (AvgIpc) is 3.23. The van der Waals surface area contributed by atoms with Gasteiger partial charge in [-0.3, -0.25) is 4.99 Å². The van der Waals surface area contributed by atoms with Crippen molar-refractivity contribution in [1.29, 1.82) is 0 Å². The van der Waals surface area contributed by atoms with Crippen molar-refractivity contribution in [3.8, 4) is 0 Å². The van der Waals surface area contributed by atoms with Crippen LogP contribution in [0.2, 0.25) is 5.02 Å². The topological polar surface area (TPSA) is 57.5 Å². The summed E-state index contributed by atoms with van der Waals surface area (Å²) in [5, 5.41) is 7.67. The number of nitrogens with one attached hydrogen (secondary N) is 2. The van der Waals surface area contributed by atoms with Crippen LogP contribution in [0.15, 0.2) is 41.7 Å². The Kier molecular flexibility index (Phi) is 5.81. The summed E-state index contributed by atoms with van der Waals surface area (Å²) in [5.41, 5.74) is 1.18. The molecule has 25 heavy (non-hydrogen) atoms. The van der Waals surface area contributed by atoms with Crippen molar-refractivity contribution in [2.75, 3.05) is 31.6 Å². The van der Waals surface area contributed by atoms with Gasteiger partial charge in [0.25, 0.3) is 0 Å². The van der Waals surface area contributed by atoms with E-state index in [1.807, 2.05) is 44.6 Å². The highest BCUT2D eigenvalue weighted by molar-refractivity contribution is 6.30. The van der Waals surface area contributed by atoms with Crippen LogP contribution in [-0.4, -0.2) is 48.2 Å². The van der Waals surface area contributed by atoms with Crippen LogP contribution in [0.5, 0.6) is 0 Å². The first-order valence-corrected chi connectivity index (χ1v) is 8.99. The minimum absolute atomic E-state index is 0.375. The fraction of sp³-hybridized carbons (Fsp3) is 0.444. The van der Waals surface area contributed by atoms with Gasteiger partial charge in [-0.05, 0) is 31.5 Å². The van der Waals surface area contributed by atoms with E-state index >= 15 is 0 Å². The number of imidazole rings is 1. The van der Waals surface area contributed by atoms with E-state index in [-0.39, 0.29) is 0 Å². The van der Waals surface area contributed by atoms with Gasteiger partial charge in [-0.25, -0.2) is 4.98 Å². The summed E-state index contributed by atoms with van der Waals surface area (Å²) >= 11 is 6.10. The lowest BCUT2D eigenvalue weighted by Crippen LogP contribution is -2.45. The van der Waals surface area contributed by atoms with E-state index in [9.17, 15) is 0 Å². The van der Waals surface area contributed by atoms with E-state index in [4.69, 9.17) is 11.6 Å². The highest BCUT2D eigenvalue weighted by Gasteiger charge is 2.23. The summed E-state index contributed by atoms with van der Waals surface area (Å²) in [4.78, 5) is 10.9. The predicted octanol–water partition coefficient (Wildman–Crippen LogP) is 2.29. The molecule has 2 heterocycles. The number of guanidine groups is 1. The lowest BCUT2D eigenvalue weighted by molar-refractivity contribution is 0.618. The summed E-state index contributed by atoms with van der Waals surface area (Å²) in [6.45, 7) is 5.65. The zero-order chi connectivity index (χ0) is 17.6. The summed E-state index contributed by atoms with van der Waals surface area (Å²) in [7, 11) is 1.81. The van der Waals surface area contributed by atoms with Crippen molar-refractivity contribution in [3.05, 3.63) is 47.5 Å². The Labute approximate surface area is 153 Å². The molecule has 0 amide bonds. The Morgan fingerprint density at radius 2 is 2.32 bits per heavy atom. The van der Waals surface area contributed by atoms with Gasteiger partial charge >= 0.3 is 0 Å². The third-order valence-corrected chi connectivity index (χ3v) is 4.73. The molecule has 7 heteroatoms. The predicted molar refractivity (Wildman–Crippen MR) is 104 cm³/mol. The van der Waals surface area contributed by atoms with Crippen LogP contribution in [0.1, 0.15) is 12.2 Å². The van der Waals surface area contributed by atoms with Gasteiger partial charge < -0.3 is 20.1 Å². The molecule has 0 bridgehead atoms. The smallest absolute Gasteiger partial charge is 0.191 e. The summed E-state index contributed by atoms with van der Waals surface area (Å²) in [6, 6.07) is 8.40. The van der Waals surface area contributed by atoms with Crippen molar-refractivity contribution in [2.24, 2.45) is 4.99 Å². The first-order valence-electron chi connectivity index (χ1n) is 8.61. The molecule has 1 aliphatic rings. The van der Waals surface area contributed by atoms with Gasteiger partial charge in [-0.15, -0.1) is 0 Å². The number of aromatic nitrogens is 2. The lowest BCUT2D eigenvalue weighted by atomic mass is 10.3. The Bertz CT molecular complexity index is 726. The van der Waals surface area contributed by atoms with Crippen LogP contribution in [0.25, 0.3) is 0 Å². The summed E-state index contributed by atoms with van der Waals surface area (Å²) in [5.74, 6) is 1.87. The lowest BCUT2D eigenvalue weighted by Gasteiger charge is -2.20. The standard InChI is InChI=1S/C18H25ClN6/c1-14-21-7-10-24(14)11-8-22-18(20-2)23-16-6-9-25(13-16)17-5-3-4-15(19)12-17/h3-5,7,10,12,16H,6,8-9,11,13H2,1-2H3,(H2,20,22,23). The van der Waals surface area contributed by atoms with E-state index in [2.05, 4.69) is 36.1 Å². The number of nitrogens with zero attached hydrogens (tertiary/aromatic N) is 4. The zero-order valence-corrected chi connectivity index (χ0v) is 15.5. The molecule has 1 fully saturated rings. The van der Waals surface area contributed by atoms with Crippen molar-refractivity contribution >= 4 is 23.2 Å².